The third-order valence-corrected chi connectivity index (χ3v) is 3.75. The molecule has 2 unspecified atom stereocenters. The number of nitro benzene ring substituents is 1. The van der Waals surface area contributed by atoms with Crippen LogP contribution in [0.3, 0.4) is 0 Å². The summed E-state index contributed by atoms with van der Waals surface area (Å²) in [5.41, 5.74) is 2.15. The molecule has 0 radical (unpaired) electrons. The predicted octanol–water partition coefficient (Wildman–Crippen LogP) is 3.20. The minimum Gasteiger partial charge on any atom is -0.479 e. The fraction of sp³-hybridized carbons (Fsp3) is 0.235. The van der Waals surface area contributed by atoms with Crippen LogP contribution in [0.15, 0.2) is 48.5 Å². The number of carbonyl (C=O) groups is 1. The Morgan fingerprint density at radius 1 is 1.17 bits per heavy atom. The number of hydrogen-bond donors (Lipinski definition) is 2. The molecule has 0 spiro atoms. The van der Waals surface area contributed by atoms with Crippen molar-refractivity contribution in [1.29, 1.82) is 0 Å². The van der Waals surface area contributed by atoms with Crippen molar-refractivity contribution < 1.29 is 19.9 Å². The van der Waals surface area contributed by atoms with Gasteiger partial charge in [-0.3, -0.25) is 10.1 Å². The number of aliphatic carboxylic acids is 1. The SMILES string of the molecule is CC(CC(O)C(=O)O)c1ccc(-c2ccccc2[N+](=O)[O-])cc1. The van der Waals surface area contributed by atoms with E-state index in [1.165, 1.54) is 6.07 Å². The number of benzene rings is 2. The van der Waals surface area contributed by atoms with Crippen LogP contribution in [0.4, 0.5) is 5.69 Å². The number of hydrogen-bond acceptors (Lipinski definition) is 4. The highest BCUT2D eigenvalue weighted by atomic mass is 16.6. The van der Waals surface area contributed by atoms with E-state index in [2.05, 4.69) is 0 Å². The second-order valence-electron chi connectivity index (χ2n) is 5.39. The lowest BCUT2D eigenvalue weighted by Gasteiger charge is -2.14. The van der Waals surface area contributed by atoms with Gasteiger partial charge in [-0.1, -0.05) is 43.3 Å². The fourth-order valence-corrected chi connectivity index (χ4v) is 2.44. The van der Waals surface area contributed by atoms with Crippen LogP contribution < -0.4 is 0 Å². The van der Waals surface area contributed by atoms with Gasteiger partial charge in [0.15, 0.2) is 6.10 Å². The second kappa shape index (κ2) is 7.02. The van der Waals surface area contributed by atoms with Gasteiger partial charge in [-0.2, -0.15) is 0 Å². The molecule has 0 aliphatic heterocycles. The molecule has 0 fully saturated rings. The molecule has 23 heavy (non-hydrogen) atoms. The normalized spacial score (nSPS) is 13.3. The average molecular weight is 315 g/mol. The molecular weight excluding hydrogens is 298 g/mol. The number of aliphatic hydroxyl groups is 1. The van der Waals surface area contributed by atoms with Crippen molar-refractivity contribution in [3.05, 3.63) is 64.2 Å². The summed E-state index contributed by atoms with van der Waals surface area (Å²) in [7, 11) is 0. The Kier molecular flexibility index (Phi) is 5.08. The Hall–Kier alpha value is -2.73. The molecule has 0 heterocycles. The largest absolute Gasteiger partial charge is 0.479 e. The van der Waals surface area contributed by atoms with Crippen molar-refractivity contribution >= 4 is 11.7 Å². The maximum absolute atomic E-state index is 11.1. The number of rotatable bonds is 6. The van der Waals surface area contributed by atoms with E-state index in [0.29, 0.717) is 11.1 Å². The summed E-state index contributed by atoms with van der Waals surface area (Å²) < 4.78 is 0. The molecule has 2 N–H and O–H groups in total. The Morgan fingerprint density at radius 3 is 2.35 bits per heavy atom. The van der Waals surface area contributed by atoms with Crippen LogP contribution in [-0.4, -0.2) is 27.2 Å². The summed E-state index contributed by atoms with van der Waals surface area (Å²) in [6.45, 7) is 1.83. The minimum absolute atomic E-state index is 0.0367. The molecule has 2 atom stereocenters. The number of nitrogens with zero attached hydrogens (tertiary/aromatic N) is 1. The summed E-state index contributed by atoms with van der Waals surface area (Å²) in [5.74, 6) is -1.38. The lowest BCUT2D eigenvalue weighted by molar-refractivity contribution is -0.384. The van der Waals surface area contributed by atoms with Gasteiger partial charge in [0.05, 0.1) is 10.5 Å². The Bertz CT molecular complexity index is 711. The third kappa shape index (κ3) is 3.92. The van der Waals surface area contributed by atoms with Gasteiger partial charge < -0.3 is 10.2 Å². The van der Waals surface area contributed by atoms with Crippen LogP contribution in [0.2, 0.25) is 0 Å². The van der Waals surface area contributed by atoms with E-state index >= 15 is 0 Å². The van der Waals surface area contributed by atoms with Crippen LogP contribution in [0.5, 0.6) is 0 Å². The number of carboxylic acids is 1. The van der Waals surface area contributed by atoms with Crippen molar-refractivity contribution in [3.63, 3.8) is 0 Å². The zero-order valence-electron chi connectivity index (χ0n) is 12.5. The maximum Gasteiger partial charge on any atom is 0.332 e. The minimum atomic E-state index is -1.40. The first kappa shape index (κ1) is 16.6. The molecule has 6 nitrogen and oxygen atoms in total. The quantitative estimate of drug-likeness (QED) is 0.629. The molecule has 2 rings (SSSR count). The zero-order valence-corrected chi connectivity index (χ0v) is 12.5. The van der Waals surface area contributed by atoms with Gasteiger partial charge in [0.2, 0.25) is 0 Å². The molecule has 0 saturated carbocycles. The summed E-state index contributed by atoms with van der Waals surface area (Å²) in [4.78, 5) is 21.3. The van der Waals surface area contributed by atoms with Crippen LogP contribution >= 0.6 is 0 Å². The first-order valence-electron chi connectivity index (χ1n) is 7.14. The van der Waals surface area contributed by atoms with Crippen molar-refractivity contribution in [2.24, 2.45) is 0 Å². The van der Waals surface area contributed by atoms with Gasteiger partial charge in [-0.25, -0.2) is 4.79 Å². The average Bonchev–Trinajstić information content (AvgIpc) is 2.54. The number of aliphatic hydroxyl groups excluding tert-OH is 1. The van der Waals surface area contributed by atoms with Gasteiger partial charge in [-0.05, 0) is 29.5 Å². The number of carboxylic acid groups (broad SMARTS) is 1. The molecule has 0 bridgehead atoms. The van der Waals surface area contributed by atoms with Gasteiger partial charge >= 0.3 is 5.97 Å². The smallest absolute Gasteiger partial charge is 0.332 e. The number of nitro groups is 1. The second-order valence-corrected chi connectivity index (χ2v) is 5.39. The number of para-hydroxylation sites is 1. The van der Waals surface area contributed by atoms with E-state index in [1.54, 1.807) is 42.5 Å². The molecule has 0 saturated heterocycles. The summed E-state index contributed by atoms with van der Waals surface area (Å²) in [5, 5.41) is 29.2. The molecule has 120 valence electrons. The topological polar surface area (TPSA) is 101 Å². The van der Waals surface area contributed by atoms with Crippen LogP contribution in [0.25, 0.3) is 11.1 Å². The van der Waals surface area contributed by atoms with E-state index < -0.39 is 17.0 Å². The molecule has 2 aromatic carbocycles. The van der Waals surface area contributed by atoms with E-state index in [1.807, 2.05) is 6.92 Å². The van der Waals surface area contributed by atoms with E-state index in [9.17, 15) is 20.0 Å². The standard InChI is InChI=1S/C17H17NO5/c1-11(10-16(19)17(20)21)12-6-8-13(9-7-12)14-4-2-3-5-15(14)18(22)23/h2-9,11,16,19H,10H2,1H3,(H,20,21). The van der Waals surface area contributed by atoms with Gasteiger partial charge in [0.1, 0.15) is 0 Å². The molecule has 0 aromatic heterocycles. The van der Waals surface area contributed by atoms with Crippen molar-refractivity contribution in [3.8, 4) is 11.1 Å². The molecule has 0 amide bonds. The van der Waals surface area contributed by atoms with Crippen LogP contribution in [0, 0.1) is 10.1 Å². The van der Waals surface area contributed by atoms with Crippen LogP contribution in [-0.2, 0) is 4.79 Å². The van der Waals surface area contributed by atoms with E-state index in [0.717, 1.165) is 5.56 Å². The van der Waals surface area contributed by atoms with E-state index in [-0.39, 0.29) is 18.0 Å². The van der Waals surface area contributed by atoms with Crippen molar-refractivity contribution in [1.82, 2.24) is 0 Å². The summed E-state index contributed by atoms with van der Waals surface area (Å²) in [6, 6.07) is 13.6. The molecule has 0 aliphatic rings. The van der Waals surface area contributed by atoms with Gasteiger partial charge in [-0.15, -0.1) is 0 Å². The predicted molar refractivity (Wildman–Crippen MR) is 85.2 cm³/mol. The van der Waals surface area contributed by atoms with Crippen LogP contribution in [0.1, 0.15) is 24.8 Å². The monoisotopic (exact) mass is 315 g/mol. The molecular formula is C17H17NO5. The van der Waals surface area contributed by atoms with Crippen molar-refractivity contribution in [2.75, 3.05) is 0 Å². The molecule has 0 aliphatic carbocycles. The highest BCUT2D eigenvalue weighted by Gasteiger charge is 2.19. The fourth-order valence-electron chi connectivity index (χ4n) is 2.44. The lowest BCUT2D eigenvalue weighted by atomic mass is 9.93. The Labute approximate surface area is 133 Å². The zero-order chi connectivity index (χ0) is 17.0. The third-order valence-electron chi connectivity index (χ3n) is 3.75. The Morgan fingerprint density at radius 2 is 1.78 bits per heavy atom. The van der Waals surface area contributed by atoms with Crippen molar-refractivity contribution in [2.45, 2.75) is 25.4 Å². The lowest BCUT2D eigenvalue weighted by Crippen LogP contribution is -2.21. The molecule has 2 aromatic rings. The summed E-state index contributed by atoms with van der Waals surface area (Å²) in [6.07, 6.45) is -1.29. The highest BCUT2D eigenvalue weighted by Crippen LogP contribution is 2.31. The first-order valence-corrected chi connectivity index (χ1v) is 7.14. The van der Waals surface area contributed by atoms with Gasteiger partial charge in [0.25, 0.3) is 5.69 Å². The maximum atomic E-state index is 11.1. The summed E-state index contributed by atoms with van der Waals surface area (Å²) >= 11 is 0. The first-order chi connectivity index (χ1) is 10.9. The van der Waals surface area contributed by atoms with Gasteiger partial charge in [0, 0.05) is 6.07 Å². The van der Waals surface area contributed by atoms with E-state index in [4.69, 9.17) is 5.11 Å². The Balaban J connectivity index is 2.23. The molecule has 6 heteroatoms. The highest BCUT2D eigenvalue weighted by molar-refractivity contribution is 5.73.